The van der Waals surface area contributed by atoms with E-state index >= 15 is 0 Å². The van der Waals surface area contributed by atoms with E-state index in [0.29, 0.717) is 30.2 Å². The van der Waals surface area contributed by atoms with Crippen molar-refractivity contribution in [2.75, 3.05) is 20.2 Å². The molecule has 1 fully saturated rings. The van der Waals surface area contributed by atoms with Gasteiger partial charge >= 0.3 is 0 Å². The summed E-state index contributed by atoms with van der Waals surface area (Å²) in [7, 11) is 1.57. The fourth-order valence-corrected chi connectivity index (χ4v) is 3.80. The van der Waals surface area contributed by atoms with E-state index < -0.39 is 5.56 Å². The van der Waals surface area contributed by atoms with E-state index in [4.69, 9.17) is 9.47 Å². The van der Waals surface area contributed by atoms with Crippen LogP contribution in [0.4, 0.5) is 0 Å². The third kappa shape index (κ3) is 4.58. The number of methoxy groups -OCH3 is 1. The molecule has 1 saturated heterocycles. The lowest BCUT2D eigenvalue weighted by molar-refractivity contribution is -0.127. The number of likely N-dealkylation sites (tertiary alicyclic amines) is 1. The number of aromatic nitrogens is 2. The summed E-state index contributed by atoms with van der Waals surface area (Å²) in [6, 6.07) is 12.4. The van der Waals surface area contributed by atoms with Crippen molar-refractivity contribution in [3.63, 3.8) is 0 Å². The molecule has 0 N–H and O–H groups in total. The molecule has 0 spiro atoms. The van der Waals surface area contributed by atoms with Crippen molar-refractivity contribution in [2.45, 2.75) is 26.2 Å². The van der Waals surface area contributed by atoms with Gasteiger partial charge in [0.15, 0.2) is 0 Å². The van der Waals surface area contributed by atoms with Gasteiger partial charge in [0.05, 0.1) is 7.11 Å². The average Bonchev–Trinajstić information content (AvgIpc) is 2.85. The van der Waals surface area contributed by atoms with Crippen LogP contribution < -0.4 is 15.0 Å². The van der Waals surface area contributed by atoms with Crippen LogP contribution in [0.2, 0.25) is 0 Å². The first kappa shape index (κ1) is 22.1. The van der Waals surface area contributed by atoms with E-state index in [9.17, 15) is 14.9 Å². The Morgan fingerprint density at radius 1 is 1.12 bits per heavy atom. The van der Waals surface area contributed by atoms with Crippen LogP contribution >= 0.6 is 0 Å². The Balaban J connectivity index is 1.84. The molecule has 4 rings (SSSR count). The summed E-state index contributed by atoms with van der Waals surface area (Å²) < 4.78 is 12.5. The van der Waals surface area contributed by atoms with Crippen LogP contribution in [0.25, 0.3) is 11.7 Å². The van der Waals surface area contributed by atoms with E-state index in [-0.39, 0.29) is 22.9 Å². The zero-order chi connectivity index (χ0) is 23.4. The number of benzene rings is 1. The number of hydrogen-bond acceptors (Lipinski definition) is 6. The third-order valence-corrected chi connectivity index (χ3v) is 5.61. The first-order valence-electron chi connectivity index (χ1n) is 10.8. The van der Waals surface area contributed by atoms with E-state index in [2.05, 4.69) is 4.98 Å². The normalized spacial score (nSPS) is 14.1. The molecule has 3 heterocycles. The second kappa shape index (κ2) is 9.57. The maximum atomic E-state index is 13.4. The van der Waals surface area contributed by atoms with Crippen molar-refractivity contribution in [1.29, 1.82) is 5.26 Å². The zero-order valence-electron chi connectivity index (χ0n) is 18.6. The van der Waals surface area contributed by atoms with Gasteiger partial charge in [-0.15, -0.1) is 0 Å². The van der Waals surface area contributed by atoms with Gasteiger partial charge in [-0.1, -0.05) is 6.07 Å². The van der Waals surface area contributed by atoms with Crippen LogP contribution in [0.1, 0.15) is 30.4 Å². The lowest BCUT2D eigenvalue weighted by atomic mass is 10.1. The molecule has 8 heteroatoms. The van der Waals surface area contributed by atoms with E-state index in [0.717, 1.165) is 24.8 Å². The molecule has 0 atom stereocenters. The van der Waals surface area contributed by atoms with Crippen molar-refractivity contribution in [1.82, 2.24) is 14.3 Å². The Bertz CT molecular complexity index is 1310. The maximum absolute atomic E-state index is 13.4. The summed E-state index contributed by atoms with van der Waals surface area (Å²) >= 11 is 0. The van der Waals surface area contributed by atoms with Crippen LogP contribution in [0, 0.1) is 18.3 Å². The highest BCUT2D eigenvalue weighted by Gasteiger charge is 2.23. The van der Waals surface area contributed by atoms with Gasteiger partial charge in [-0.3, -0.25) is 14.0 Å². The summed E-state index contributed by atoms with van der Waals surface area (Å²) in [6.07, 6.45) is 5.75. The first-order valence-corrected chi connectivity index (χ1v) is 10.8. The van der Waals surface area contributed by atoms with Gasteiger partial charge in [-0.05, 0) is 68.2 Å². The largest absolute Gasteiger partial charge is 0.497 e. The molecule has 0 saturated carbocycles. The highest BCUT2D eigenvalue weighted by Crippen LogP contribution is 2.26. The summed E-state index contributed by atoms with van der Waals surface area (Å²) in [5, 5.41) is 9.73. The van der Waals surface area contributed by atoms with Crippen molar-refractivity contribution >= 4 is 17.6 Å². The summed E-state index contributed by atoms with van der Waals surface area (Å²) in [5.74, 6) is 0.736. The number of hydrogen-bond donors (Lipinski definition) is 0. The number of rotatable bonds is 5. The Kier molecular flexibility index (Phi) is 6.41. The molecule has 3 aromatic rings. The number of nitrogens with zero attached hydrogens (tertiary/aromatic N) is 4. The minimum Gasteiger partial charge on any atom is -0.497 e. The molecule has 1 aliphatic rings. The number of carbonyl (C=O) groups excluding carboxylic acids is 1. The number of amides is 1. The van der Waals surface area contributed by atoms with Crippen molar-refractivity contribution in [3.05, 3.63) is 69.6 Å². The Morgan fingerprint density at radius 3 is 2.48 bits per heavy atom. The van der Waals surface area contributed by atoms with Gasteiger partial charge in [0.1, 0.15) is 34.4 Å². The second-order valence-corrected chi connectivity index (χ2v) is 7.82. The quantitative estimate of drug-likeness (QED) is 0.439. The number of aryl methyl sites for hydroxylation is 1. The molecule has 0 unspecified atom stereocenters. The number of pyridine rings is 1. The van der Waals surface area contributed by atoms with Gasteiger partial charge in [0.2, 0.25) is 5.88 Å². The van der Waals surface area contributed by atoms with Crippen LogP contribution in [0.3, 0.4) is 0 Å². The van der Waals surface area contributed by atoms with Gasteiger partial charge in [0, 0.05) is 19.3 Å². The number of piperidine rings is 1. The third-order valence-electron chi connectivity index (χ3n) is 5.61. The molecule has 0 radical (unpaired) electrons. The van der Waals surface area contributed by atoms with Gasteiger partial charge in [-0.25, -0.2) is 0 Å². The van der Waals surface area contributed by atoms with Crippen LogP contribution in [0.5, 0.6) is 17.4 Å². The SMILES string of the molecule is COc1ccc(Oc2nc3c(C)cccn3c(=O)c2/C=C(\C#N)C(=O)N2CCCCC2)cc1. The molecular formula is C25H24N4O4. The van der Waals surface area contributed by atoms with Gasteiger partial charge < -0.3 is 14.4 Å². The molecule has 1 aliphatic heterocycles. The predicted octanol–water partition coefficient (Wildman–Crippen LogP) is 3.72. The Morgan fingerprint density at radius 2 is 1.82 bits per heavy atom. The molecule has 0 bridgehead atoms. The average molecular weight is 444 g/mol. The summed E-state index contributed by atoms with van der Waals surface area (Å²) in [5.41, 5.74) is 0.712. The van der Waals surface area contributed by atoms with Crippen molar-refractivity contribution in [2.24, 2.45) is 0 Å². The Hall–Kier alpha value is -4.12. The lowest BCUT2D eigenvalue weighted by Gasteiger charge is -2.26. The predicted molar refractivity (Wildman–Crippen MR) is 123 cm³/mol. The fraction of sp³-hybridized carbons (Fsp3) is 0.280. The molecular weight excluding hydrogens is 420 g/mol. The number of carbonyl (C=O) groups is 1. The summed E-state index contributed by atoms with van der Waals surface area (Å²) in [6.45, 7) is 3.04. The van der Waals surface area contributed by atoms with E-state index in [1.807, 2.05) is 19.1 Å². The molecule has 8 nitrogen and oxygen atoms in total. The monoisotopic (exact) mass is 444 g/mol. The molecule has 1 amide bonds. The fourth-order valence-electron chi connectivity index (χ4n) is 3.80. The maximum Gasteiger partial charge on any atom is 0.269 e. The first-order chi connectivity index (χ1) is 16.0. The van der Waals surface area contributed by atoms with E-state index in [1.54, 1.807) is 48.5 Å². The van der Waals surface area contributed by atoms with Gasteiger partial charge in [-0.2, -0.15) is 10.2 Å². The lowest BCUT2D eigenvalue weighted by Crippen LogP contribution is -2.36. The second-order valence-electron chi connectivity index (χ2n) is 7.82. The highest BCUT2D eigenvalue weighted by atomic mass is 16.5. The number of fused-ring (bicyclic) bond motifs is 1. The number of nitriles is 1. The van der Waals surface area contributed by atoms with Crippen molar-refractivity contribution < 1.29 is 14.3 Å². The topological polar surface area (TPSA) is 96.9 Å². The van der Waals surface area contributed by atoms with Crippen LogP contribution in [-0.4, -0.2) is 40.4 Å². The molecule has 2 aromatic heterocycles. The standard InChI is InChI=1S/C25H24N4O4/c1-17-7-6-14-29-22(17)27-23(33-20-10-8-19(32-2)9-11-20)21(25(29)31)15-18(16-26)24(30)28-12-4-3-5-13-28/h6-11,14-15H,3-5,12-13H2,1-2H3/b18-15+. The minimum atomic E-state index is -0.425. The van der Waals surface area contributed by atoms with Gasteiger partial charge in [0.25, 0.3) is 11.5 Å². The minimum absolute atomic E-state index is 0.0265. The van der Waals surface area contributed by atoms with Crippen LogP contribution in [-0.2, 0) is 4.79 Å². The van der Waals surface area contributed by atoms with E-state index in [1.165, 1.54) is 10.5 Å². The smallest absolute Gasteiger partial charge is 0.269 e. The molecule has 168 valence electrons. The van der Waals surface area contributed by atoms with Crippen LogP contribution in [0.15, 0.2) is 53.0 Å². The number of ether oxygens (including phenoxy) is 2. The molecule has 0 aliphatic carbocycles. The molecule has 1 aromatic carbocycles. The summed E-state index contributed by atoms with van der Waals surface area (Å²) in [4.78, 5) is 32.6. The van der Waals surface area contributed by atoms with Crippen molar-refractivity contribution in [3.8, 4) is 23.4 Å². The molecule has 33 heavy (non-hydrogen) atoms. The Labute approximate surface area is 191 Å². The highest BCUT2D eigenvalue weighted by molar-refractivity contribution is 6.02. The zero-order valence-corrected chi connectivity index (χ0v) is 18.6.